The fourth-order valence-corrected chi connectivity index (χ4v) is 2.43. The molecule has 0 aliphatic carbocycles. The summed E-state index contributed by atoms with van der Waals surface area (Å²) in [5.74, 6) is -0.0514. The third kappa shape index (κ3) is 11.0. The summed E-state index contributed by atoms with van der Waals surface area (Å²) < 4.78 is 13.8. The van der Waals surface area contributed by atoms with E-state index in [9.17, 15) is 9.59 Å². The minimum atomic E-state index is -0.461. The molecular weight excluding hydrogens is 392 g/mol. The number of methoxy groups -OCH3 is 3. The number of carbonyl (C=O) groups excluding carboxylic acids is 2. The van der Waals surface area contributed by atoms with Gasteiger partial charge < -0.3 is 14.2 Å². The normalized spacial score (nSPS) is 10.0. The summed E-state index contributed by atoms with van der Waals surface area (Å²) in [5.41, 5.74) is 3.03. The average molecular weight is 429 g/mol. The Bertz CT molecular complexity index is 774. The van der Waals surface area contributed by atoms with Gasteiger partial charge in [-0.3, -0.25) is 0 Å². The van der Waals surface area contributed by atoms with Crippen molar-refractivity contribution < 1.29 is 23.8 Å². The third-order valence-electron chi connectivity index (χ3n) is 4.20. The van der Waals surface area contributed by atoms with E-state index in [1.165, 1.54) is 25.8 Å². The van der Waals surface area contributed by atoms with Gasteiger partial charge in [-0.2, -0.15) is 0 Å². The van der Waals surface area contributed by atoms with Gasteiger partial charge >= 0.3 is 11.9 Å². The van der Waals surface area contributed by atoms with Gasteiger partial charge in [-0.1, -0.05) is 64.1 Å². The van der Waals surface area contributed by atoms with E-state index in [-0.39, 0.29) is 5.92 Å². The van der Waals surface area contributed by atoms with E-state index >= 15 is 0 Å². The Morgan fingerprint density at radius 2 is 1.19 bits per heavy atom. The van der Waals surface area contributed by atoms with Crippen LogP contribution >= 0.6 is 0 Å². The first-order valence-corrected chi connectivity index (χ1v) is 10.2. The van der Waals surface area contributed by atoms with Crippen molar-refractivity contribution in [1.29, 1.82) is 0 Å². The van der Waals surface area contributed by atoms with Crippen molar-refractivity contribution in [3.05, 3.63) is 83.1 Å². The van der Waals surface area contributed by atoms with Gasteiger partial charge in [0, 0.05) is 0 Å². The summed E-state index contributed by atoms with van der Waals surface area (Å²) >= 11 is 0. The monoisotopic (exact) mass is 428 g/mol. The van der Waals surface area contributed by atoms with Gasteiger partial charge in [0.1, 0.15) is 0 Å². The zero-order chi connectivity index (χ0) is 23.8. The van der Waals surface area contributed by atoms with Gasteiger partial charge in [0.05, 0.1) is 38.7 Å². The number of esters is 2. The van der Waals surface area contributed by atoms with E-state index in [4.69, 9.17) is 0 Å². The van der Waals surface area contributed by atoms with E-state index in [1.54, 1.807) is 25.5 Å². The van der Waals surface area contributed by atoms with Crippen molar-refractivity contribution in [1.82, 2.24) is 0 Å². The highest BCUT2D eigenvalue weighted by atomic mass is 16.5. The number of ether oxygens (including phenoxy) is 3. The number of hydrogen-bond donors (Lipinski definition) is 0. The largest absolute Gasteiger partial charge is 0.505 e. The van der Waals surface area contributed by atoms with E-state index in [2.05, 4.69) is 52.3 Å². The molecule has 0 radical (unpaired) electrons. The van der Waals surface area contributed by atoms with Gasteiger partial charge in [0.25, 0.3) is 0 Å². The highest BCUT2D eigenvalue weighted by Crippen LogP contribution is 2.19. The van der Waals surface area contributed by atoms with Crippen LogP contribution in [-0.4, -0.2) is 33.3 Å². The predicted molar refractivity (Wildman–Crippen MR) is 126 cm³/mol. The molecule has 0 spiro atoms. The van der Waals surface area contributed by atoms with Gasteiger partial charge in [0.2, 0.25) is 0 Å². The number of hydrogen-bond acceptors (Lipinski definition) is 5. The van der Waals surface area contributed by atoms with Crippen molar-refractivity contribution >= 4 is 11.9 Å². The maximum Gasteiger partial charge on any atom is 0.337 e. The topological polar surface area (TPSA) is 61.8 Å². The standard InChI is InChI=1S/C13H16O4.C9H12.C4H8O/c1-8(2)9-5-10(12(14)16-3)7-11(6-9)13(15)17-4;1-8(2)9-6-4-3-5-7-9;1-3-4-5-2/h5-8H,1-4H3;3-8H,1-2H3;3-4H,1-2H3. The molecule has 0 heterocycles. The Labute approximate surface area is 187 Å². The second-order valence-electron chi connectivity index (χ2n) is 7.25. The van der Waals surface area contributed by atoms with Crippen LogP contribution in [0.4, 0.5) is 0 Å². The Hall–Kier alpha value is -3.08. The SMILES string of the molecule is CC(C)c1ccccc1.CC=COC.COC(=O)c1cc(C(=O)OC)cc(C(C)C)c1. The summed E-state index contributed by atoms with van der Waals surface area (Å²) in [7, 11) is 4.24. The molecule has 5 heteroatoms. The van der Waals surface area contributed by atoms with Crippen LogP contribution in [0.3, 0.4) is 0 Å². The maximum absolute atomic E-state index is 11.5. The third-order valence-corrected chi connectivity index (χ3v) is 4.20. The molecule has 2 aromatic carbocycles. The summed E-state index contributed by atoms with van der Waals surface area (Å²) in [5, 5.41) is 0. The highest BCUT2D eigenvalue weighted by molar-refractivity contribution is 5.95. The quantitative estimate of drug-likeness (QED) is 0.410. The molecule has 5 nitrogen and oxygen atoms in total. The Kier molecular flexibility index (Phi) is 14.2. The maximum atomic E-state index is 11.5. The van der Waals surface area contributed by atoms with Gasteiger partial charge in [-0.15, -0.1) is 0 Å². The van der Waals surface area contributed by atoms with Crippen LogP contribution in [0.2, 0.25) is 0 Å². The summed E-state index contributed by atoms with van der Waals surface area (Å²) in [4.78, 5) is 23.0. The lowest BCUT2D eigenvalue weighted by molar-refractivity contribution is 0.0599. The first-order valence-electron chi connectivity index (χ1n) is 10.2. The smallest absolute Gasteiger partial charge is 0.337 e. The molecule has 2 rings (SSSR count). The Morgan fingerprint density at radius 3 is 1.45 bits per heavy atom. The van der Waals surface area contributed by atoms with Crippen LogP contribution in [0, 0.1) is 0 Å². The molecule has 0 unspecified atom stereocenters. The Balaban J connectivity index is 0.000000533. The molecule has 0 aromatic heterocycles. The van der Waals surface area contributed by atoms with Crippen LogP contribution in [0.1, 0.15) is 78.3 Å². The number of allylic oxidation sites excluding steroid dienone is 1. The van der Waals surface area contributed by atoms with Crippen molar-refractivity contribution in [2.24, 2.45) is 0 Å². The first kappa shape index (κ1) is 27.9. The fraction of sp³-hybridized carbons (Fsp3) is 0.385. The van der Waals surface area contributed by atoms with Gasteiger partial charge in [0.15, 0.2) is 0 Å². The Morgan fingerprint density at radius 1 is 0.742 bits per heavy atom. The molecule has 0 atom stereocenters. The fourth-order valence-electron chi connectivity index (χ4n) is 2.43. The molecule has 0 aliphatic heterocycles. The zero-order valence-corrected chi connectivity index (χ0v) is 20.0. The van der Waals surface area contributed by atoms with Crippen molar-refractivity contribution in [2.45, 2.75) is 46.5 Å². The van der Waals surface area contributed by atoms with E-state index < -0.39 is 11.9 Å². The molecule has 0 aliphatic rings. The number of carbonyl (C=O) groups is 2. The van der Waals surface area contributed by atoms with E-state index in [1.807, 2.05) is 32.9 Å². The summed E-state index contributed by atoms with van der Waals surface area (Å²) in [6.45, 7) is 10.3. The molecule has 0 fully saturated rings. The predicted octanol–water partition coefficient (Wildman–Crippen LogP) is 6.36. The second-order valence-corrected chi connectivity index (χ2v) is 7.25. The van der Waals surface area contributed by atoms with Crippen LogP contribution in [-0.2, 0) is 14.2 Å². The van der Waals surface area contributed by atoms with Crippen molar-refractivity contribution in [2.75, 3.05) is 21.3 Å². The van der Waals surface area contributed by atoms with Crippen LogP contribution in [0.5, 0.6) is 0 Å². The molecule has 0 amide bonds. The van der Waals surface area contributed by atoms with Gasteiger partial charge in [-0.25, -0.2) is 9.59 Å². The second kappa shape index (κ2) is 15.7. The lowest BCUT2D eigenvalue weighted by Crippen LogP contribution is -2.08. The van der Waals surface area contributed by atoms with Crippen molar-refractivity contribution in [3.8, 4) is 0 Å². The van der Waals surface area contributed by atoms with Crippen LogP contribution in [0.15, 0.2) is 60.9 Å². The summed E-state index contributed by atoms with van der Waals surface area (Å²) in [6, 6.07) is 15.4. The van der Waals surface area contributed by atoms with E-state index in [0.717, 1.165) is 5.56 Å². The molecule has 0 bridgehead atoms. The molecular formula is C26H36O5. The molecule has 0 saturated carbocycles. The minimum Gasteiger partial charge on any atom is -0.505 e. The minimum absolute atomic E-state index is 0.211. The average Bonchev–Trinajstić information content (AvgIpc) is 2.79. The molecule has 2 aromatic rings. The number of rotatable bonds is 5. The van der Waals surface area contributed by atoms with Gasteiger partial charge in [-0.05, 0) is 48.1 Å². The molecule has 0 N–H and O–H groups in total. The molecule has 31 heavy (non-hydrogen) atoms. The first-order chi connectivity index (χ1) is 14.7. The summed E-state index contributed by atoms with van der Waals surface area (Å²) in [6.07, 6.45) is 3.46. The molecule has 0 saturated heterocycles. The van der Waals surface area contributed by atoms with Crippen LogP contribution < -0.4 is 0 Å². The lowest BCUT2D eigenvalue weighted by Gasteiger charge is -2.10. The highest BCUT2D eigenvalue weighted by Gasteiger charge is 2.14. The molecule has 170 valence electrons. The van der Waals surface area contributed by atoms with Crippen LogP contribution in [0.25, 0.3) is 0 Å². The van der Waals surface area contributed by atoms with Crippen molar-refractivity contribution in [3.63, 3.8) is 0 Å². The lowest BCUT2D eigenvalue weighted by atomic mass is 9.97. The zero-order valence-electron chi connectivity index (χ0n) is 20.0. The van der Waals surface area contributed by atoms with E-state index in [0.29, 0.717) is 17.0 Å². The number of benzene rings is 2.